The smallest absolute Gasteiger partial charge is 0.326 e. The maximum absolute atomic E-state index is 10.3. The van der Waals surface area contributed by atoms with E-state index < -0.39 is 12.0 Å². The summed E-state index contributed by atoms with van der Waals surface area (Å²) in [6.45, 7) is 0. The van der Waals surface area contributed by atoms with Gasteiger partial charge in [-0.25, -0.2) is 0 Å². The summed E-state index contributed by atoms with van der Waals surface area (Å²) in [4.78, 5) is 10.8. The molecule has 1 heterocycles. The molecule has 0 spiro atoms. The Morgan fingerprint density at radius 2 is 2.42 bits per heavy atom. The lowest BCUT2D eigenvalue weighted by Gasteiger charge is -2.00. The van der Waals surface area contributed by atoms with Gasteiger partial charge in [-0.2, -0.15) is 0 Å². The van der Waals surface area contributed by atoms with Gasteiger partial charge in [-0.05, 0) is 0 Å². The van der Waals surface area contributed by atoms with Crippen LogP contribution >= 0.6 is 11.6 Å². The highest BCUT2D eigenvalue weighted by Gasteiger charge is 2.21. The number of carboxylic acid groups (broad SMARTS) is 1. The maximum atomic E-state index is 10.3. The number of rotatable bonds is 2. The molecule has 1 aromatic heterocycles. The van der Waals surface area contributed by atoms with E-state index in [-0.39, 0.29) is 10.7 Å². The lowest BCUT2D eigenvalue weighted by Crippen LogP contribution is -2.21. The molecule has 0 amide bonds. The van der Waals surface area contributed by atoms with Crippen molar-refractivity contribution in [3.63, 3.8) is 0 Å². The van der Waals surface area contributed by atoms with Crippen LogP contribution in [0.3, 0.4) is 0 Å². The normalized spacial score (nSPS) is 12.8. The van der Waals surface area contributed by atoms with Crippen LogP contribution in [-0.2, 0) is 4.79 Å². The Balaban J connectivity index is 3.02. The van der Waals surface area contributed by atoms with Crippen LogP contribution in [-0.4, -0.2) is 26.2 Å². The van der Waals surface area contributed by atoms with Crippen LogP contribution in [0.15, 0.2) is 6.20 Å². The van der Waals surface area contributed by atoms with E-state index in [2.05, 4.69) is 5.10 Å². The molecule has 1 aromatic rings. The Morgan fingerprint density at radius 3 is 2.75 bits per heavy atom. The van der Waals surface area contributed by atoms with E-state index in [9.17, 15) is 4.79 Å². The monoisotopic (exact) mass is 191 g/mol. The van der Waals surface area contributed by atoms with Crippen molar-refractivity contribution in [2.24, 2.45) is 5.73 Å². The molecule has 66 valence electrons. The SMILES string of the molecule is N[C@@H](C(=O)O)c1nn(O)cc1Cl. The average Bonchev–Trinajstić information content (AvgIpc) is 2.28. The maximum Gasteiger partial charge on any atom is 0.326 e. The molecule has 12 heavy (non-hydrogen) atoms. The first-order valence-electron chi connectivity index (χ1n) is 2.95. The third kappa shape index (κ3) is 1.49. The van der Waals surface area contributed by atoms with Gasteiger partial charge in [0.25, 0.3) is 0 Å². The number of aromatic nitrogens is 2. The van der Waals surface area contributed by atoms with Crippen molar-refractivity contribution < 1.29 is 15.1 Å². The Bertz CT molecular complexity index is 311. The summed E-state index contributed by atoms with van der Waals surface area (Å²) in [5.74, 6) is -1.25. The molecule has 0 fully saturated rings. The number of nitrogens with two attached hydrogens (primary N) is 1. The molecule has 0 bridgehead atoms. The summed E-state index contributed by atoms with van der Waals surface area (Å²) < 4.78 is 0. The van der Waals surface area contributed by atoms with Gasteiger partial charge in [0.2, 0.25) is 0 Å². The summed E-state index contributed by atoms with van der Waals surface area (Å²) in [5, 5.41) is 20.6. The largest absolute Gasteiger partial charge is 0.480 e. The molecule has 1 rings (SSSR count). The number of hydrogen-bond donors (Lipinski definition) is 3. The quantitative estimate of drug-likeness (QED) is 0.565. The minimum absolute atomic E-state index is 0.0207. The standard InChI is InChI=1S/C5H6ClN3O3/c6-2-1-9(12)8-4(2)3(7)5(10)11/h1,3,12H,7H2,(H,10,11)/t3-/m1/s1. The highest BCUT2D eigenvalue weighted by molar-refractivity contribution is 6.31. The zero-order valence-electron chi connectivity index (χ0n) is 5.81. The van der Waals surface area contributed by atoms with Crippen molar-refractivity contribution in [2.45, 2.75) is 6.04 Å². The zero-order valence-corrected chi connectivity index (χ0v) is 6.56. The summed E-state index contributed by atoms with van der Waals surface area (Å²) in [6, 6.07) is -1.31. The van der Waals surface area contributed by atoms with Gasteiger partial charge in [-0.3, -0.25) is 4.79 Å². The van der Waals surface area contributed by atoms with Crippen LogP contribution in [0, 0.1) is 0 Å². The van der Waals surface area contributed by atoms with E-state index in [0.717, 1.165) is 6.20 Å². The molecule has 0 saturated carbocycles. The second kappa shape index (κ2) is 3.00. The van der Waals surface area contributed by atoms with Crippen molar-refractivity contribution in [1.82, 2.24) is 9.94 Å². The first-order valence-corrected chi connectivity index (χ1v) is 3.33. The van der Waals surface area contributed by atoms with Crippen molar-refractivity contribution >= 4 is 17.6 Å². The van der Waals surface area contributed by atoms with E-state index in [1.165, 1.54) is 0 Å². The van der Waals surface area contributed by atoms with Crippen molar-refractivity contribution in [3.8, 4) is 0 Å². The lowest BCUT2D eigenvalue weighted by atomic mass is 10.2. The second-order valence-electron chi connectivity index (χ2n) is 2.10. The number of aliphatic carboxylic acids is 1. The van der Waals surface area contributed by atoms with E-state index in [4.69, 9.17) is 27.6 Å². The molecule has 0 saturated heterocycles. The predicted octanol–water partition coefficient (Wildman–Crippen LogP) is -0.142. The molecule has 0 aliphatic heterocycles. The predicted molar refractivity (Wildman–Crippen MR) is 39.0 cm³/mol. The van der Waals surface area contributed by atoms with Crippen LogP contribution < -0.4 is 5.73 Å². The first kappa shape index (κ1) is 8.82. The zero-order chi connectivity index (χ0) is 9.30. The Labute approximate surface area is 72.1 Å². The Morgan fingerprint density at radius 1 is 1.83 bits per heavy atom. The van der Waals surface area contributed by atoms with Gasteiger partial charge >= 0.3 is 5.97 Å². The minimum atomic E-state index is -1.31. The summed E-state index contributed by atoms with van der Waals surface area (Å²) in [5.41, 5.74) is 5.12. The van der Waals surface area contributed by atoms with Gasteiger partial charge in [0.05, 0.1) is 11.2 Å². The third-order valence-electron chi connectivity index (χ3n) is 1.24. The average molecular weight is 192 g/mol. The fourth-order valence-corrected chi connectivity index (χ4v) is 0.925. The molecule has 0 aromatic carbocycles. The molecule has 0 radical (unpaired) electrons. The Hall–Kier alpha value is -1.27. The van der Waals surface area contributed by atoms with Gasteiger partial charge < -0.3 is 16.0 Å². The fourth-order valence-electron chi connectivity index (χ4n) is 0.682. The van der Waals surface area contributed by atoms with Crippen molar-refractivity contribution in [1.29, 1.82) is 0 Å². The third-order valence-corrected chi connectivity index (χ3v) is 1.54. The molecule has 0 aliphatic rings. The van der Waals surface area contributed by atoms with E-state index in [1.54, 1.807) is 0 Å². The van der Waals surface area contributed by atoms with E-state index >= 15 is 0 Å². The van der Waals surface area contributed by atoms with Gasteiger partial charge in [-0.15, -0.1) is 9.94 Å². The van der Waals surface area contributed by atoms with E-state index in [0.29, 0.717) is 4.85 Å². The lowest BCUT2D eigenvalue weighted by molar-refractivity contribution is -0.138. The number of nitrogens with zero attached hydrogens (tertiary/aromatic N) is 2. The molecular formula is C5H6ClN3O3. The van der Waals surface area contributed by atoms with Crippen LogP contribution in [0.2, 0.25) is 5.02 Å². The summed E-state index contributed by atoms with van der Waals surface area (Å²) >= 11 is 5.50. The second-order valence-corrected chi connectivity index (χ2v) is 2.51. The van der Waals surface area contributed by atoms with Crippen molar-refractivity contribution in [3.05, 3.63) is 16.9 Å². The molecule has 0 aliphatic carbocycles. The molecule has 7 heteroatoms. The van der Waals surface area contributed by atoms with E-state index in [1.807, 2.05) is 0 Å². The highest BCUT2D eigenvalue weighted by Crippen LogP contribution is 2.18. The number of carboxylic acids is 1. The summed E-state index contributed by atoms with van der Waals surface area (Å²) in [6.07, 6.45) is 1.06. The molecule has 0 unspecified atom stereocenters. The first-order chi connectivity index (χ1) is 5.52. The van der Waals surface area contributed by atoms with Crippen LogP contribution in [0.25, 0.3) is 0 Å². The topological polar surface area (TPSA) is 101 Å². The van der Waals surface area contributed by atoms with Gasteiger partial charge in [0, 0.05) is 0 Å². The van der Waals surface area contributed by atoms with Gasteiger partial charge in [0.15, 0.2) is 0 Å². The molecule has 4 N–H and O–H groups in total. The van der Waals surface area contributed by atoms with Crippen molar-refractivity contribution in [2.75, 3.05) is 0 Å². The van der Waals surface area contributed by atoms with Crippen LogP contribution in [0.5, 0.6) is 0 Å². The van der Waals surface area contributed by atoms with Gasteiger partial charge in [-0.1, -0.05) is 11.6 Å². The molecule has 6 nitrogen and oxygen atoms in total. The minimum Gasteiger partial charge on any atom is -0.480 e. The number of carbonyl (C=O) groups is 1. The van der Waals surface area contributed by atoms with Crippen LogP contribution in [0.4, 0.5) is 0 Å². The van der Waals surface area contributed by atoms with Gasteiger partial charge in [0.1, 0.15) is 11.7 Å². The Kier molecular flexibility index (Phi) is 2.20. The summed E-state index contributed by atoms with van der Waals surface area (Å²) in [7, 11) is 0. The number of halogens is 1. The fraction of sp³-hybridized carbons (Fsp3) is 0.200. The molecule has 1 atom stereocenters. The van der Waals surface area contributed by atoms with Crippen LogP contribution in [0.1, 0.15) is 11.7 Å². The molecular weight excluding hydrogens is 186 g/mol. The number of hydrogen-bond acceptors (Lipinski definition) is 4. The highest BCUT2D eigenvalue weighted by atomic mass is 35.5.